The van der Waals surface area contributed by atoms with Gasteiger partial charge in [0.05, 0.1) is 5.52 Å². The van der Waals surface area contributed by atoms with Gasteiger partial charge in [-0.25, -0.2) is 0 Å². The molecule has 0 radical (unpaired) electrons. The highest BCUT2D eigenvalue weighted by atomic mass is 35.5. The summed E-state index contributed by atoms with van der Waals surface area (Å²) in [5, 5.41) is 1.66. The first-order chi connectivity index (χ1) is 9.72. The van der Waals surface area contributed by atoms with Crippen LogP contribution in [0.5, 0.6) is 0 Å². The molecule has 0 N–H and O–H groups in total. The molecule has 1 heterocycles. The highest BCUT2D eigenvalue weighted by Gasteiger charge is 2.08. The predicted molar refractivity (Wildman–Crippen MR) is 81.2 cm³/mol. The molecule has 2 nitrogen and oxygen atoms in total. The van der Waals surface area contributed by atoms with Gasteiger partial charge in [0.1, 0.15) is 0 Å². The van der Waals surface area contributed by atoms with E-state index in [9.17, 15) is 4.79 Å². The molecule has 0 amide bonds. The third-order valence-electron chi connectivity index (χ3n) is 3.19. The fraction of sp³-hybridized carbons (Fsp3) is 0.0588. The Bertz CT molecular complexity index is 765. The molecule has 0 aliphatic rings. The SMILES string of the molecule is O=C(Cc1ccc(Cl)cc1)c1cnc2ccccc2c1. The van der Waals surface area contributed by atoms with Gasteiger partial charge in [0.15, 0.2) is 5.78 Å². The highest BCUT2D eigenvalue weighted by Crippen LogP contribution is 2.15. The van der Waals surface area contributed by atoms with E-state index in [0.717, 1.165) is 16.5 Å². The van der Waals surface area contributed by atoms with Crippen molar-refractivity contribution in [2.45, 2.75) is 6.42 Å². The Hall–Kier alpha value is -2.19. The second kappa shape index (κ2) is 5.43. The second-order valence-corrected chi connectivity index (χ2v) is 5.08. The van der Waals surface area contributed by atoms with Gasteiger partial charge in [-0.05, 0) is 29.8 Å². The summed E-state index contributed by atoms with van der Waals surface area (Å²) < 4.78 is 0. The van der Waals surface area contributed by atoms with Crippen molar-refractivity contribution in [1.29, 1.82) is 0 Å². The van der Waals surface area contributed by atoms with E-state index in [4.69, 9.17) is 11.6 Å². The standard InChI is InChI=1S/C17H12ClNO/c18-15-7-5-12(6-8-15)9-17(20)14-10-13-3-1-2-4-16(13)19-11-14/h1-8,10-11H,9H2. The van der Waals surface area contributed by atoms with Crippen molar-refractivity contribution in [2.75, 3.05) is 0 Å². The molecule has 0 spiro atoms. The maximum absolute atomic E-state index is 12.3. The third kappa shape index (κ3) is 2.70. The largest absolute Gasteiger partial charge is 0.294 e. The van der Waals surface area contributed by atoms with Crippen molar-refractivity contribution in [3.05, 3.63) is 76.9 Å². The summed E-state index contributed by atoms with van der Waals surface area (Å²) in [5.41, 5.74) is 2.49. The van der Waals surface area contributed by atoms with Gasteiger partial charge >= 0.3 is 0 Å². The Balaban J connectivity index is 1.86. The van der Waals surface area contributed by atoms with Crippen LogP contribution in [0.3, 0.4) is 0 Å². The summed E-state index contributed by atoms with van der Waals surface area (Å²) in [7, 11) is 0. The molecular weight excluding hydrogens is 270 g/mol. The number of hydrogen-bond acceptors (Lipinski definition) is 2. The average Bonchev–Trinajstić information content (AvgIpc) is 2.49. The number of benzene rings is 2. The number of para-hydroxylation sites is 1. The van der Waals surface area contributed by atoms with Gasteiger partial charge in [-0.15, -0.1) is 0 Å². The Morgan fingerprint density at radius 1 is 1.05 bits per heavy atom. The van der Waals surface area contributed by atoms with Crippen LogP contribution in [0.15, 0.2) is 60.8 Å². The van der Waals surface area contributed by atoms with Crippen LogP contribution in [-0.2, 0) is 6.42 Å². The molecule has 0 aliphatic carbocycles. The van der Waals surface area contributed by atoms with Crippen molar-refractivity contribution >= 4 is 28.3 Å². The fourth-order valence-electron chi connectivity index (χ4n) is 2.11. The Morgan fingerprint density at radius 2 is 1.80 bits per heavy atom. The van der Waals surface area contributed by atoms with E-state index < -0.39 is 0 Å². The number of hydrogen-bond donors (Lipinski definition) is 0. The monoisotopic (exact) mass is 281 g/mol. The lowest BCUT2D eigenvalue weighted by molar-refractivity contribution is 0.0993. The maximum Gasteiger partial charge on any atom is 0.168 e. The first kappa shape index (κ1) is 12.8. The Labute approximate surface area is 122 Å². The molecule has 0 saturated carbocycles. The van der Waals surface area contributed by atoms with Crippen LogP contribution >= 0.6 is 11.6 Å². The van der Waals surface area contributed by atoms with E-state index >= 15 is 0 Å². The number of Topliss-reactive ketones (excluding diaryl/α,β-unsaturated/α-hetero) is 1. The lowest BCUT2D eigenvalue weighted by Gasteiger charge is -2.03. The zero-order valence-corrected chi connectivity index (χ0v) is 11.5. The number of nitrogens with zero attached hydrogens (tertiary/aromatic N) is 1. The molecule has 0 bridgehead atoms. The van der Waals surface area contributed by atoms with Crippen LogP contribution in [0.1, 0.15) is 15.9 Å². The first-order valence-electron chi connectivity index (χ1n) is 6.35. The van der Waals surface area contributed by atoms with Gasteiger partial charge in [-0.3, -0.25) is 9.78 Å². The molecule has 3 rings (SSSR count). The third-order valence-corrected chi connectivity index (χ3v) is 3.44. The smallest absolute Gasteiger partial charge is 0.168 e. The number of halogens is 1. The number of rotatable bonds is 3. The molecule has 0 fully saturated rings. The van der Waals surface area contributed by atoms with Gasteiger partial charge in [-0.2, -0.15) is 0 Å². The molecule has 3 heteroatoms. The van der Waals surface area contributed by atoms with Crippen molar-refractivity contribution in [2.24, 2.45) is 0 Å². The maximum atomic E-state index is 12.3. The van der Waals surface area contributed by atoms with Crippen molar-refractivity contribution in [3.63, 3.8) is 0 Å². The summed E-state index contributed by atoms with van der Waals surface area (Å²) in [6.07, 6.45) is 2.00. The van der Waals surface area contributed by atoms with Crippen LogP contribution in [0.4, 0.5) is 0 Å². The number of ketones is 1. The molecule has 98 valence electrons. The summed E-state index contributed by atoms with van der Waals surface area (Å²) in [5.74, 6) is 0.0607. The number of pyridine rings is 1. The van der Waals surface area contributed by atoms with Crippen LogP contribution in [0.2, 0.25) is 5.02 Å². The lowest BCUT2D eigenvalue weighted by Crippen LogP contribution is -2.04. The topological polar surface area (TPSA) is 30.0 Å². The van der Waals surface area contributed by atoms with E-state index in [0.29, 0.717) is 17.0 Å². The van der Waals surface area contributed by atoms with E-state index in [1.54, 1.807) is 18.3 Å². The summed E-state index contributed by atoms with van der Waals surface area (Å²) in [4.78, 5) is 16.6. The summed E-state index contributed by atoms with van der Waals surface area (Å²) in [6, 6.07) is 17.0. The first-order valence-corrected chi connectivity index (χ1v) is 6.72. The van der Waals surface area contributed by atoms with E-state index in [2.05, 4.69) is 4.98 Å². The van der Waals surface area contributed by atoms with E-state index in [1.807, 2.05) is 42.5 Å². The molecule has 1 aromatic heterocycles. The van der Waals surface area contributed by atoms with Crippen LogP contribution in [-0.4, -0.2) is 10.8 Å². The Morgan fingerprint density at radius 3 is 2.60 bits per heavy atom. The summed E-state index contributed by atoms with van der Waals surface area (Å²) >= 11 is 5.84. The summed E-state index contributed by atoms with van der Waals surface area (Å²) in [6.45, 7) is 0. The zero-order valence-electron chi connectivity index (χ0n) is 10.7. The van der Waals surface area contributed by atoms with Gasteiger partial charge in [0, 0.05) is 28.6 Å². The van der Waals surface area contributed by atoms with Gasteiger partial charge in [0.25, 0.3) is 0 Å². The van der Waals surface area contributed by atoms with E-state index in [-0.39, 0.29) is 5.78 Å². The number of fused-ring (bicyclic) bond motifs is 1. The average molecular weight is 282 g/mol. The molecule has 0 saturated heterocycles. The van der Waals surface area contributed by atoms with Crippen LogP contribution in [0, 0.1) is 0 Å². The quantitative estimate of drug-likeness (QED) is 0.670. The Kier molecular flexibility index (Phi) is 3.48. The molecule has 3 aromatic rings. The molecule has 20 heavy (non-hydrogen) atoms. The number of carbonyl (C=O) groups excluding carboxylic acids is 1. The van der Waals surface area contributed by atoms with Crippen molar-refractivity contribution in [3.8, 4) is 0 Å². The molecule has 2 aromatic carbocycles. The zero-order chi connectivity index (χ0) is 13.9. The van der Waals surface area contributed by atoms with E-state index in [1.165, 1.54) is 0 Å². The highest BCUT2D eigenvalue weighted by molar-refractivity contribution is 6.30. The van der Waals surface area contributed by atoms with Gasteiger partial charge in [-0.1, -0.05) is 41.9 Å². The predicted octanol–water partition coefficient (Wildman–Crippen LogP) is 4.31. The van der Waals surface area contributed by atoms with Crippen LogP contribution in [0.25, 0.3) is 10.9 Å². The van der Waals surface area contributed by atoms with Crippen molar-refractivity contribution < 1.29 is 4.79 Å². The minimum Gasteiger partial charge on any atom is -0.294 e. The van der Waals surface area contributed by atoms with Crippen LogP contribution < -0.4 is 0 Å². The van der Waals surface area contributed by atoms with Crippen molar-refractivity contribution in [1.82, 2.24) is 4.98 Å². The lowest BCUT2D eigenvalue weighted by atomic mass is 10.0. The fourth-order valence-corrected chi connectivity index (χ4v) is 2.24. The molecule has 0 unspecified atom stereocenters. The van der Waals surface area contributed by atoms with Gasteiger partial charge < -0.3 is 0 Å². The number of carbonyl (C=O) groups is 1. The molecule has 0 aliphatic heterocycles. The minimum absolute atomic E-state index is 0.0607. The van der Waals surface area contributed by atoms with Gasteiger partial charge in [0.2, 0.25) is 0 Å². The minimum atomic E-state index is 0.0607. The second-order valence-electron chi connectivity index (χ2n) is 4.64. The molecule has 0 atom stereocenters. The normalized spacial score (nSPS) is 10.7. The molecular formula is C17H12ClNO. The number of aromatic nitrogens is 1.